The summed E-state index contributed by atoms with van der Waals surface area (Å²) >= 11 is 5.79. The van der Waals surface area contributed by atoms with Crippen LogP contribution in [0.1, 0.15) is 18.4 Å². The van der Waals surface area contributed by atoms with Crippen molar-refractivity contribution in [1.29, 1.82) is 0 Å². The zero-order valence-corrected chi connectivity index (χ0v) is 12.6. The molecule has 0 unspecified atom stereocenters. The molecule has 0 saturated heterocycles. The SMILES string of the molecule is Cc1cccnc1NC(=O)CCCOc1ccc(Cl)cc1. The summed E-state index contributed by atoms with van der Waals surface area (Å²) in [5, 5.41) is 3.47. The van der Waals surface area contributed by atoms with Gasteiger partial charge in [0.15, 0.2) is 0 Å². The average Bonchev–Trinajstić information content (AvgIpc) is 2.48. The molecule has 21 heavy (non-hydrogen) atoms. The molecule has 1 N–H and O–H groups in total. The summed E-state index contributed by atoms with van der Waals surface area (Å²) in [6, 6.07) is 10.9. The Labute approximate surface area is 129 Å². The highest BCUT2D eigenvalue weighted by Gasteiger charge is 2.05. The number of carbonyl (C=O) groups is 1. The Morgan fingerprint density at radius 2 is 2.05 bits per heavy atom. The normalized spacial score (nSPS) is 10.2. The van der Waals surface area contributed by atoms with Crippen molar-refractivity contribution >= 4 is 23.3 Å². The lowest BCUT2D eigenvalue weighted by Crippen LogP contribution is -2.14. The number of benzene rings is 1. The van der Waals surface area contributed by atoms with Crippen molar-refractivity contribution in [2.24, 2.45) is 0 Å². The van der Waals surface area contributed by atoms with Gasteiger partial charge in [0.25, 0.3) is 0 Å². The molecule has 0 saturated carbocycles. The maximum atomic E-state index is 11.8. The first-order valence-corrected chi connectivity index (χ1v) is 7.13. The Hall–Kier alpha value is -2.07. The standard InChI is InChI=1S/C16H17ClN2O2/c1-12-4-2-10-18-16(12)19-15(20)5-3-11-21-14-8-6-13(17)7-9-14/h2,4,6-10H,3,5,11H2,1H3,(H,18,19,20). The van der Waals surface area contributed by atoms with Gasteiger partial charge in [0.2, 0.25) is 5.91 Å². The van der Waals surface area contributed by atoms with Gasteiger partial charge in [0, 0.05) is 17.6 Å². The third kappa shape index (κ3) is 5.08. The van der Waals surface area contributed by atoms with Crippen LogP contribution in [0.2, 0.25) is 5.02 Å². The van der Waals surface area contributed by atoms with E-state index in [2.05, 4.69) is 10.3 Å². The number of aryl methyl sites for hydroxylation is 1. The van der Waals surface area contributed by atoms with E-state index in [0.29, 0.717) is 30.3 Å². The van der Waals surface area contributed by atoms with Crippen molar-refractivity contribution in [1.82, 2.24) is 4.98 Å². The summed E-state index contributed by atoms with van der Waals surface area (Å²) in [5.74, 6) is 1.30. The van der Waals surface area contributed by atoms with Crippen LogP contribution in [0.3, 0.4) is 0 Å². The predicted octanol–water partition coefficient (Wildman–Crippen LogP) is 3.84. The maximum absolute atomic E-state index is 11.8. The van der Waals surface area contributed by atoms with E-state index in [1.165, 1.54) is 0 Å². The highest BCUT2D eigenvalue weighted by molar-refractivity contribution is 6.30. The second-order valence-electron chi connectivity index (χ2n) is 4.62. The minimum atomic E-state index is -0.0588. The molecule has 1 amide bonds. The monoisotopic (exact) mass is 304 g/mol. The molecule has 4 nitrogen and oxygen atoms in total. The molecule has 0 aliphatic heterocycles. The molecule has 0 aliphatic rings. The molecule has 0 spiro atoms. The van der Waals surface area contributed by atoms with Crippen molar-refractivity contribution in [2.45, 2.75) is 19.8 Å². The van der Waals surface area contributed by atoms with Crippen molar-refractivity contribution < 1.29 is 9.53 Å². The maximum Gasteiger partial charge on any atom is 0.225 e. The lowest BCUT2D eigenvalue weighted by Gasteiger charge is -2.08. The number of halogens is 1. The molecule has 110 valence electrons. The minimum absolute atomic E-state index is 0.0588. The summed E-state index contributed by atoms with van der Waals surface area (Å²) in [5.41, 5.74) is 0.947. The molecule has 0 bridgehead atoms. The first-order chi connectivity index (χ1) is 10.1. The van der Waals surface area contributed by atoms with Crippen molar-refractivity contribution in [3.63, 3.8) is 0 Å². The fraction of sp³-hybridized carbons (Fsp3) is 0.250. The second kappa shape index (κ2) is 7.64. The van der Waals surface area contributed by atoms with Gasteiger partial charge in [-0.25, -0.2) is 4.98 Å². The molecule has 0 fully saturated rings. The highest BCUT2D eigenvalue weighted by atomic mass is 35.5. The van der Waals surface area contributed by atoms with E-state index < -0.39 is 0 Å². The number of hydrogen-bond acceptors (Lipinski definition) is 3. The van der Waals surface area contributed by atoms with Gasteiger partial charge >= 0.3 is 0 Å². The number of nitrogens with zero attached hydrogens (tertiary/aromatic N) is 1. The van der Waals surface area contributed by atoms with Crippen LogP contribution in [0, 0.1) is 6.92 Å². The Bertz CT molecular complexity index is 599. The van der Waals surface area contributed by atoms with Gasteiger partial charge in [-0.15, -0.1) is 0 Å². The van der Waals surface area contributed by atoms with Gasteiger partial charge in [-0.1, -0.05) is 17.7 Å². The van der Waals surface area contributed by atoms with E-state index in [9.17, 15) is 4.79 Å². The van der Waals surface area contributed by atoms with E-state index in [0.717, 1.165) is 11.3 Å². The number of rotatable bonds is 6. The average molecular weight is 305 g/mol. The molecule has 0 radical (unpaired) electrons. The van der Waals surface area contributed by atoms with Crippen LogP contribution >= 0.6 is 11.6 Å². The van der Waals surface area contributed by atoms with E-state index in [1.54, 1.807) is 30.5 Å². The summed E-state index contributed by atoms with van der Waals surface area (Å²) in [4.78, 5) is 15.9. The molecule has 2 aromatic rings. The number of pyridine rings is 1. The second-order valence-corrected chi connectivity index (χ2v) is 5.06. The number of ether oxygens (including phenoxy) is 1. The van der Waals surface area contributed by atoms with Crippen LogP contribution in [0.15, 0.2) is 42.6 Å². The van der Waals surface area contributed by atoms with E-state index in [4.69, 9.17) is 16.3 Å². The quantitative estimate of drug-likeness (QED) is 0.825. The third-order valence-electron chi connectivity index (χ3n) is 2.90. The van der Waals surface area contributed by atoms with E-state index in [-0.39, 0.29) is 5.91 Å². The topological polar surface area (TPSA) is 51.2 Å². The molecule has 1 aromatic carbocycles. The van der Waals surface area contributed by atoms with Gasteiger partial charge in [-0.3, -0.25) is 4.79 Å². The first kappa shape index (κ1) is 15.3. The Balaban J connectivity index is 1.70. The Kier molecular flexibility index (Phi) is 5.58. The molecule has 1 heterocycles. The zero-order valence-electron chi connectivity index (χ0n) is 11.8. The molecule has 0 aliphatic carbocycles. The smallest absolute Gasteiger partial charge is 0.225 e. The van der Waals surface area contributed by atoms with E-state index in [1.807, 2.05) is 19.1 Å². The number of anilines is 1. The molecule has 1 aromatic heterocycles. The summed E-state index contributed by atoms with van der Waals surface area (Å²) < 4.78 is 5.53. The first-order valence-electron chi connectivity index (χ1n) is 6.75. The van der Waals surface area contributed by atoms with Crippen molar-refractivity contribution in [3.05, 3.63) is 53.2 Å². The van der Waals surface area contributed by atoms with E-state index >= 15 is 0 Å². The fourth-order valence-electron chi connectivity index (χ4n) is 1.76. The van der Waals surface area contributed by atoms with Crippen LogP contribution in [-0.2, 0) is 4.79 Å². The van der Waals surface area contributed by atoms with Gasteiger partial charge in [-0.05, 0) is 49.2 Å². The Morgan fingerprint density at radius 1 is 1.29 bits per heavy atom. The van der Waals surface area contributed by atoms with Crippen molar-refractivity contribution in [2.75, 3.05) is 11.9 Å². The number of amides is 1. The largest absolute Gasteiger partial charge is 0.494 e. The number of hydrogen-bond donors (Lipinski definition) is 1. The van der Waals surface area contributed by atoms with Gasteiger partial charge in [0.05, 0.1) is 6.61 Å². The lowest BCUT2D eigenvalue weighted by atomic mass is 10.2. The third-order valence-corrected chi connectivity index (χ3v) is 3.15. The lowest BCUT2D eigenvalue weighted by molar-refractivity contribution is -0.116. The molecule has 2 rings (SSSR count). The molecular weight excluding hydrogens is 288 g/mol. The molecule has 0 atom stereocenters. The summed E-state index contributed by atoms with van der Waals surface area (Å²) in [6.45, 7) is 2.39. The molecule has 5 heteroatoms. The van der Waals surface area contributed by atoms with Crippen LogP contribution in [-0.4, -0.2) is 17.5 Å². The van der Waals surface area contributed by atoms with Gasteiger partial charge in [-0.2, -0.15) is 0 Å². The summed E-state index contributed by atoms with van der Waals surface area (Å²) in [6.07, 6.45) is 2.69. The van der Waals surface area contributed by atoms with Crippen LogP contribution < -0.4 is 10.1 Å². The van der Waals surface area contributed by atoms with Crippen LogP contribution in [0.5, 0.6) is 5.75 Å². The minimum Gasteiger partial charge on any atom is -0.494 e. The zero-order chi connectivity index (χ0) is 15.1. The predicted molar refractivity (Wildman–Crippen MR) is 83.8 cm³/mol. The number of carbonyl (C=O) groups excluding carboxylic acids is 1. The van der Waals surface area contributed by atoms with Gasteiger partial charge in [0.1, 0.15) is 11.6 Å². The van der Waals surface area contributed by atoms with Gasteiger partial charge < -0.3 is 10.1 Å². The highest BCUT2D eigenvalue weighted by Crippen LogP contribution is 2.16. The van der Waals surface area contributed by atoms with Crippen molar-refractivity contribution in [3.8, 4) is 5.75 Å². The van der Waals surface area contributed by atoms with Crippen LogP contribution in [0.25, 0.3) is 0 Å². The fourth-order valence-corrected chi connectivity index (χ4v) is 1.89. The number of aromatic nitrogens is 1. The summed E-state index contributed by atoms with van der Waals surface area (Å²) in [7, 11) is 0. The Morgan fingerprint density at radius 3 is 2.76 bits per heavy atom. The van der Waals surface area contributed by atoms with Crippen LogP contribution in [0.4, 0.5) is 5.82 Å². The molecular formula is C16H17ClN2O2. The number of nitrogens with one attached hydrogen (secondary N) is 1.